The van der Waals surface area contributed by atoms with Crippen molar-refractivity contribution in [3.8, 4) is 0 Å². The molecule has 4 nitrogen and oxygen atoms in total. The lowest BCUT2D eigenvalue weighted by molar-refractivity contribution is -0.150. The summed E-state index contributed by atoms with van der Waals surface area (Å²) in [4.78, 5) is 25.9. The summed E-state index contributed by atoms with van der Waals surface area (Å²) in [7, 11) is 0. The van der Waals surface area contributed by atoms with Crippen LogP contribution in [0.4, 0.5) is 0 Å². The van der Waals surface area contributed by atoms with Gasteiger partial charge in [-0.05, 0) is 18.4 Å². The van der Waals surface area contributed by atoms with Crippen molar-refractivity contribution in [1.82, 2.24) is 10.2 Å². The van der Waals surface area contributed by atoms with Crippen molar-refractivity contribution in [1.29, 1.82) is 0 Å². The largest absolute Gasteiger partial charge is 0.345 e. The number of benzene rings is 1. The lowest BCUT2D eigenvalue weighted by Gasteiger charge is -2.41. The summed E-state index contributed by atoms with van der Waals surface area (Å²) in [6, 6.07) is 9.34. The lowest BCUT2D eigenvalue weighted by atomic mass is 9.95. The van der Waals surface area contributed by atoms with E-state index in [-0.39, 0.29) is 30.3 Å². The second-order valence-electron chi connectivity index (χ2n) is 5.29. The number of hydrogen-bond donors (Lipinski definition) is 1. The van der Waals surface area contributed by atoms with Crippen LogP contribution in [-0.2, 0) is 9.59 Å². The van der Waals surface area contributed by atoms with E-state index in [0.717, 1.165) is 5.56 Å². The summed E-state index contributed by atoms with van der Waals surface area (Å²) in [6.45, 7) is 6.00. The summed E-state index contributed by atoms with van der Waals surface area (Å²) in [5.41, 5.74) is 1.05. The quantitative estimate of drug-likeness (QED) is 0.899. The molecule has 1 aliphatic heterocycles. The topological polar surface area (TPSA) is 49.4 Å². The van der Waals surface area contributed by atoms with E-state index in [2.05, 4.69) is 5.32 Å². The smallest absolute Gasteiger partial charge is 0.243 e. The Morgan fingerprint density at radius 2 is 1.79 bits per heavy atom. The van der Waals surface area contributed by atoms with Gasteiger partial charge in [-0.3, -0.25) is 9.59 Å². The normalized spacial score (nSPS) is 21.5. The number of amides is 2. The molecule has 0 saturated carbocycles. The van der Waals surface area contributed by atoms with Gasteiger partial charge in [-0.2, -0.15) is 0 Å². The summed E-state index contributed by atoms with van der Waals surface area (Å²) in [6.07, 6.45) is 0. The Hall–Kier alpha value is -1.84. The van der Waals surface area contributed by atoms with E-state index in [4.69, 9.17) is 0 Å². The first-order chi connectivity index (χ1) is 9.02. The van der Waals surface area contributed by atoms with Gasteiger partial charge >= 0.3 is 0 Å². The highest BCUT2D eigenvalue weighted by molar-refractivity contribution is 5.95. The molecule has 1 saturated heterocycles. The molecule has 2 amide bonds. The van der Waals surface area contributed by atoms with Crippen LogP contribution < -0.4 is 5.32 Å². The zero-order valence-corrected chi connectivity index (χ0v) is 11.6. The first-order valence-corrected chi connectivity index (χ1v) is 6.66. The van der Waals surface area contributed by atoms with E-state index in [1.54, 1.807) is 4.90 Å². The van der Waals surface area contributed by atoms with Gasteiger partial charge in [0.1, 0.15) is 6.04 Å². The minimum absolute atomic E-state index is 0.0188. The molecule has 2 atom stereocenters. The minimum atomic E-state index is -0.392. The first kappa shape index (κ1) is 13.6. The molecule has 1 aromatic rings. The Morgan fingerprint density at radius 3 is 2.37 bits per heavy atom. The maximum atomic E-state index is 12.2. The molecule has 2 rings (SSSR count). The van der Waals surface area contributed by atoms with Crippen LogP contribution in [0.1, 0.15) is 32.4 Å². The Morgan fingerprint density at radius 1 is 1.16 bits per heavy atom. The molecule has 1 fully saturated rings. The van der Waals surface area contributed by atoms with Crippen molar-refractivity contribution in [2.75, 3.05) is 6.54 Å². The van der Waals surface area contributed by atoms with Crippen LogP contribution in [0, 0.1) is 5.92 Å². The van der Waals surface area contributed by atoms with Gasteiger partial charge in [0.25, 0.3) is 0 Å². The molecule has 0 aromatic heterocycles. The molecule has 0 radical (unpaired) electrons. The van der Waals surface area contributed by atoms with Crippen molar-refractivity contribution < 1.29 is 9.59 Å². The molecule has 0 bridgehead atoms. The van der Waals surface area contributed by atoms with Crippen LogP contribution in [0.2, 0.25) is 0 Å². The Kier molecular flexibility index (Phi) is 3.88. The van der Waals surface area contributed by atoms with Crippen LogP contribution in [0.15, 0.2) is 30.3 Å². The fraction of sp³-hybridized carbons (Fsp3) is 0.467. The lowest BCUT2D eigenvalue weighted by Crippen LogP contribution is -2.60. The molecule has 4 heteroatoms. The SMILES string of the molecule is CC(C)C1C(=O)NCC(=O)N1C(C)c1ccccc1. The number of carbonyl (C=O) groups is 2. The fourth-order valence-corrected chi connectivity index (χ4v) is 2.61. The summed E-state index contributed by atoms with van der Waals surface area (Å²) < 4.78 is 0. The number of piperazine rings is 1. The van der Waals surface area contributed by atoms with E-state index in [0.29, 0.717) is 0 Å². The minimum Gasteiger partial charge on any atom is -0.345 e. The Labute approximate surface area is 113 Å². The van der Waals surface area contributed by atoms with Crippen LogP contribution in [-0.4, -0.2) is 29.3 Å². The van der Waals surface area contributed by atoms with E-state index in [1.165, 1.54) is 0 Å². The maximum absolute atomic E-state index is 12.2. The third kappa shape index (κ3) is 2.62. The monoisotopic (exact) mass is 260 g/mol. The predicted octanol–water partition coefficient (Wildman–Crippen LogP) is 1.73. The van der Waals surface area contributed by atoms with Gasteiger partial charge in [0.05, 0.1) is 12.6 Å². The standard InChI is InChI=1S/C15H20N2O2/c1-10(2)14-15(19)16-9-13(18)17(14)11(3)12-7-5-4-6-8-12/h4-8,10-11,14H,9H2,1-3H3,(H,16,19). The second kappa shape index (κ2) is 5.43. The summed E-state index contributed by atoms with van der Waals surface area (Å²) in [5, 5.41) is 2.67. The zero-order valence-electron chi connectivity index (χ0n) is 11.6. The average molecular weight is 260 g/mol. The highest BCUT2D eigenvalue weighted by atomic mass is 16.2. The summed E-state index contributed by atoms with van der Waals surface area (Å²) >= 11 is 0. The van der Waals surface area contributed by atoms with Gasteiger partial charge in [-0.15, -0.1) is 0 Å². The van der Waals surface area contributed by atoms with Crippen LogP contribution >= 0.6 is 0 Å². The highest BCUT2D eigenvalue weighted by Crippen LogP contribution is 2.27. The van der Waals surface area contributed by atoms with Crippen LogP contribution in [0.25, 0.3) is 0 Å². The molecule has 0 spiro atoms. The molecule has 19 heavy (non-hydrogen) atoms. The number of nitrogens with one attached hydrogen (secondary N) is 1. The van der Waals surface area contributed by atoms with E-state index in [1.807, 2.05) is 51.1 Å². The number of rotatable bonds is 3. The van der Waals surface area contributed by atoms with Crippen molar-refractivity contribution in [3.63, 3.8) is 0 Å². The number of hydrogen-bond acceptors (Lipinski definition) is 2. The van der Waals surface area contributed by atoms with Crippen LogP contribution in [0.3, 0.4) is 0 Å². The summed E-state index contributed by atoms with van der Waals surface area (Å²) in [5.74, 6) is 0.0162. The average Bonchev–Trinajstić information content (AvgIpc) is 2.41. The van der Waals surface area contributed by atoms with Crippen molar-refractivity contribution in [2.24, 2.45) is 5.92 Å². The molecular formula is C15H20N2O2. The van der Waals surface area contributed by atoms with Gasteiger partial charge in [0, 0.05) is 0 Å². The fourth-order valence-electron chi connectivity index (χ4n) is 2.61. The number of carbonyl (C=O) groups excluding carboxylic acids is 2. The molecule has 1 heterocycles. The van der Waals surface area contributed by atoms with Crippen molar-refractivity contribution in [3.05, 3.63) is 35.9 Å². The van der Waals surface area contributed by atoms with Gasteiger partial charge in [-0.1, -0.05) is 44.2 Å². The molecular weight excluding hydrogens is 240 g/mol. The van der Waals surface area contributed by atoms with Gasteiger partial charge in [0.2, 0.25) is 11.8 Å². The van der Waals surface area contributed by atoms with E-state index >= 15 is 0 Å². The Bertz CT molecular complexity index is 470. The molecule has 0 aliphatic carbocycles. The van der Waals surface area contributed by atoms with Crippen LogP contribution in [0.5, 0.6) is 0 Å². The molecule has 1 N–H and O–H groups in total. The maximum Gasteiger partial charge on any atom is 0.243 e. The molecule has 1 aromatic carbocycles. The highest BCUT2D eigenvalue weighted by Gasteiger charge is 2.39. The second-order valence-corrected chi connectivity index (χ2v) is 5.29. The van der Waals surface area contributed by atoms with Crippen molar-refractivity contribution in [2.45, 2.75) is 32.9 Å². The van der Waals surface area contributed by atoms with Gasteiger partial charge < -0.3 is 10.2 Å². The van der Waals surface area contributed by atoms with E-state index < -0.39 is 6.04 Å². The molecule has 102 valence electrons. The third-order valence-corrected chi connectivity index (χ3v) is 3.60. The predicted molar refractivity (Wildman–Crippen MR) is 73.3 cm³/mol. The first-order valence-electron chi connectivity index (χ1n) is 6.66. The van der Waals surface area contributed by atoms with Gasteiger partial charge in [-0.25, -0.2) is 0 Å². The van der Waals surface area contributed by atoms with Gasteiger partial charge in [0.15, 0.2) is 0 Å². The molecule has 1 aliphatic rings. The zero-order chi connectivity index (χ0) is 14.0. The third-order valence-electron chi connectivity index (χ3n) is 3.60. The van der Waals surface area contributed by atoms with E-state index in [9.17, 15) is 9.59 Å². The number of nitrogens with zero attached hydrogens (tertiary/aromatic N) is 1. The molecule has 2 unspecified atom stereocenters. The van der Waals surface area contributed by atoms with Crippen molar-refractivity contribution >= 4 is 11.8 Å². The Balaban J connectivity index is 2.33.